The molecular formula is C30H52O3. The Balaban J connectivity index is 1.66. The van der Waals surface area contributed by atoms with Gasteiger partial charge in [0.1, 0.15) is 0 Å². The third-order valence-corrected chi connectivity index (χ3v) is 12.4. The second kappa shape index (κ2) is 8.07. The Morgan fingerprint density at radius 1 is 0.909 bits per heavy atom. The minimum atomic E-state index is -0.739. The third kappa shape index (κ3) is 3.61. The number of fused-ring (bicyclic) bond motifs is 5. The standard InChI is InChI=1S/C30H52O3/c1-19(2)10-9-14-30(8,33)20-11-16-29(7)25(20)21(31)18-23-27(5)15-13-24(32)26(3,4)22(27)12-17-28(23,29)6/h10,20-25,31-33H,9,11-18H2,1-8H3/t20-,21+,22-,23+,24-,25-,27-,28+,29-,30+/m0/s1. The molecule has 3 nitrogen and oxygen atoms in total. The van der Waals surface area contributed by atoms with Gasteiger partial charge in [-0.15, -0.1) is 0 Å². The van der Waals surface area contributed by atoms with Gasteiger partial charge in [-0.3, -0.25) is 0 Å². The van der Waals surface area contributed by atoms with Gasteiger partial charge < -0.3 is 15.3 Å². The van der Waals surface area contributed by atoms with Crippen LogP contribution in [0.4, 0.5) is 0 Å². The maximum Gasteiger partial charge on any atom is 0.0654 e. The molecule has 4 fully saturated rings. The molecule has 0 radical (unpaired) electrons. The fraction of sp³-hybridized carbons (Fsp3) is 0.933. The maximum atomic E-state index is 11.8. The maximum absolute atomic E-state index is 11.8. The molecule has 0 aromatic heterocycles. The summed E-state index contributed by atoms with van der Waals surface area (Å²) in [6, 6.07) is 0. The Labute approximate surface area is 203 Å². The number of rotatable bonds is 4. The van der Waals surface area contributed by atoms with E-state index in [1.807, 2.05) is 6.92 Å². The first kappa shape index (κ1) is 25.7. The molecule has 0 heterocycles. The fourth-order valence-electron chi connectivity index (χ4n) is 10.3. The first-order valence-corrected chi connectivity index (χ1v) is 13.8. The van der Waals surface area contributed by atoms with E-state index in [4.69, 9.17) is 0 Å². The van der Waals surface area contributed by atoms with E-state index >= 15 is 0 Å². The zero-order valence-electron chi connectivity index (χ0n) is 22.7. The van der Waals surface area contributed by atoms with E-state index in [1.165, 1.54) is 18.4 Å². The molecule has 4 saturated carbocycles. The summed E-state index contributed by atoms with van der Waals surface area (Å²) in [4.78, 5) is 0. The Hall–Kier alpha value is -0.380. The second-order valence-corrected chi connectivity index (χ2v) is 14.5. The lowest BCUT2D eigenvalue weighted by Crippen LogP contribution is -2.66. The summed E-state index contributed by atoms with van der Waals surface area (Å²) < 4.78 is 0. The van der Waals surface area contributed by atoms with Crippen LogP contribution in [0.15, 0.2) is 11.6 Å². The Bertz CT molecular complexity index is 779. The molecule has 0 saturated heterocycles. The van der Waals surface area contributed by atoms with E-state index in [0.717, 1.165) is 44.9 Å². The molecule has 4 rings (SSSR count). The van der Waals surface area contributed by atoms with Crippen molar-refractivity contribution in [2.75, 3.05) is 0 Å². The van der Waals surface area contributed by atoms with Crippen molar-refractivity contribution in [1.82, 2.24) is 0 Å². The van der Waals surface area contributed by atoms with E-state index in [1.54, 1.807) is 0 Å². The molecule has 0 spiro atoms. The highest BCUT2D eigenvalue weighted by Crippen LogP contribution is 2.75. The van der Waals surface area contributed by atoms with Gasteiger partial charge in [-0.1, -0.05) is 46.3 Å². The van der Waals surface area contributed by atoms with E-state index in [-0.39, 0.29) is 45.7 Å². The third-order valence-electron chi connectivity index (χ3n) is 12.4. The van der Waals surface area contributed by atoms with Gasteiger partial charge in [0.05, 0.1) is 17.8 Å². The summed E-state index contributed by atoms with van der Waals surface area (Å²) >= 11 is 0. The van der Waals surface area contributed by atoms with Crippen LogP contribution < -0.4 is 0 Å². The van der Waals surface area contributed by atoms with Crippen molar-refractivity contribution in [2.45, 2.75) is 131 Å². The summed E-state index contributed by atoms with van der Waals surface area (Å²) in [6.45, 7) is 18.3. The first-order chi connectivity index (χ1) is 15.1. The zero-order chi connectivity index (χ0) is 24.6. The van der Waals surface area contributed by atoms with Gasteiger partial charge in [-0.2, -0.15) is 0 Å². The minimum Gasteiger partial charge on any atom is -0.393 e. The molecule has 4 aliphatic carbocycles. The van der Waals surface area contributed by atoms with Gasteiger partial charge in [0.2, 0.25) is 0 Å². The lowest BCUT2D eigenvalue weighted by atomic mass is 9.35. The van der Waals surface area contributed by atoms with Gasteiger partial charge in [-0.05, 0) is 124 Å². The number of aliphatic hydroxyl groups excluding tert-OH is 2. The lowest BCUT2D eigenvalue weighted by Gasteiger charge is -2.70. The molecule has 3 heteroatoms. The van der Waals surface area contributed by atoms with Crippen LogP contribution in [0.3, 0.4) is 0 Å². The summed E-state index contributed by atoms with van der Waals surface area (Å²) in [5.74, 6) is 1.31. The van der Waals surface area contributed by atoms with Crippen LogP contribution in [0.2, 0.25) is 0 Å². The number of aliphatic hydroxyl groups is 3. The van der Waals surface area contributed by atoms with Crippen molar-refractivity contribution < 1.29 is 15.3 Å². The number of hydrogen-bond acceptors (Lipinski definition) is 3. The van der Waals surface area contributed by atoms with Crippen molar-refractivity contribution in [3.63, 3.8) is 0 Å². The quantitative estimate of drug-likeness (QED) is 0.420. The van der Waals surface area contributed by atoms with Crippen LogP contribution in [-0.4, -0.2) is 33.1 Å². The Kier molecular flexibility index (Phi) is 6.28. The molecule has 190 valence electrons. The second-order valence-electron chi connectivity index (χ2n) is 14.5. The highest BCUT2D eigenvalue weighted by molar-refractivity contribution is 5.20. The summed E-state index contributed by atoms with van der Waals surface area (Å²) in [5, 5.41) is 34.3. The minimum absolute atomic E-state index is 0.0503. The molecule has 3 N–H and O–H groups in total. The van der Waals surface area contributed by atoms with Crippen LogP contribution in [0, 0.1) is 45.3 Å². The fourth-order valence-corrected chi connectivity index (χ4v) is 10.3. The lowest BCUT2D eigenvalue weighted by molar-refractivity contribution is -0.246. The first-order valence-electron chi connectivity index (χ1n) is 13.8. The largest absolute Gasteiger partial charge is 0.393 e. The smallest absolute Gasteiger partial charge is 0.0654 e. The van der Waals surface area contributed by atoms with Crippen molar-refractivity contribution in [3.8, 4) is 0 Å². The van der Waals surface area contributed by atoms with Gasteiger partial charge in [0.25, 0.3) is 0 Å². The van der Waals surface area contributed by atoms with E-state index < -0.39 is 5.60 Å². The average Bonchev–Trinajstić information content (AvgIpc) is 3.08. The molecule has 0 amide bonds. The average molecular weight is 461 g/mol. The highest BCUT2D eigenvalue weighted by atomic mass is 16.3. The SMILES string of the molecule is CC(C)=CCC[C@@](C)(O)[C@H]1CC[C@@]2(C)[C@@H]1[C@H](O)C[C@@H]1[C@@]3(C)CC[C@H](O)C(C)(C)[C@@H]3CC[C@]12C. The molecular weight excluding hydrogens is 408 g/mol. The normalized spacial score (nSPS) is 50.5. The molecule has 4 aliphatic rings. The van der Waals surface area contributed by atoms with Gasteiger partial charge >= 0.3 is 0 Å². The van der Waals surface area contributed by atoms with Crippen LogP contribution in [-0.2, 0) is 0 Å². The Morgan fingerprint density at radius 3 is 2.18 bits per heavy atom. The Morgan fingerprint density at radius 2 is 1.55 bits per heavy atom. The van der Waals surface area contributed by atoms with Crippen LogP contribution in [0.5, 0.6) is 0 Å². The predicted molar refractivity (Wildman–Crippen MR) is 136 cm³/mol. The molecule has 33 heavy (non-hydrogen) atoms. The van der Waals surface area contributed by atoms with Crippen molar-refractivity contribution in [1.29, 1.82) is 0 Å². The van der Waals surface area contributed by atoms with E-state index in [0.29, 0.717) is 11.8 Å². The zero-order valence-corrected chi connectivity index (χ0v) is 22.7. The van der Waals surface area contributed by atoms with Gasteiger partial charge in [-0.25, -0.2) is 0 Å². The summed E-state index contributed by atoms with van der Waals surface area (Å²) in [5.41, 5.74) is 0.885. The van der Waals surface area contributed by atoms with Crippen molar-refractivity contribution in [2.24, 2.45) is 45.3 Å². The van der Waals surface area contributed by atoms with Crippen molar-refractivity contribution in [3.05, 3.63) is 11.6 Å². The summed E-state index contributed by atoms with van der Waals surface area (Å²) in [6.07, 6.45) is 10.6. The van der Waals surface area contributed by atoms with Crippen LogP contribution >= 0.6 is 0 Å². The molecule has 0 aliphatic heterocycles. The number of allylic oxidation sites excluding steroid dienone is 2. The van der Waals surface area contributed by atoms with Gasteiger partial charge in [0, 0.05) is 0 Å². The monoisotopic (exact) mass is 460 g/mol. The molecule has 0 unspecified atom stereocenters. The number of hydrogen-bond donors (Lipinski definition) is 3. The van der Waals surface area contributed by atoms with Gasteiger partial charge in [0.15, 0.2) is 0 Å². The molecule has 0 aromatic rings. The van der Waals surface area contributed by atoms with E-state index in [2.05, 4.69) is 54.5 Å². The van der Waals surface area contributed by atoms with Crippen LogP contribution in [0.25, 0.3) is 0 Å². The summed E-state index contributed by atoms with van der Waals surface area (Å²) in [7, 11) is 0. The van der Waals surface area contributed by atoms with Crippen molar-refractivity contribution >= 4 is 0 Å². The van der Waals surface area contributed by atoms with E-state index in [9.17, 15) is 15.3 Å². The molecule has 0 bridgehead atoms. The highest BCUT2D eigenvalue weighted by Gasteiger charge is 2.71. The topological polar surface area (TPSA) is 60.7 Å². The molecule has 0 aromatic carbocycles. The van der Waals surface area contributed by atoms with Crippen LogP contribution in [0.1, 0.15) is 113 Å². The predicted octanol–water partition coefficient (Wildman–Crippen LogP) is 6.50. The molecule has 10 atom stereocenters.